The Bertz CT molecular complexity index is 1520. The average molecular weight is 524 g/mol. The Kier molecular flexibility index (Phi) is 8.11. The van der Waals surface area contributed by atoms with Crippen LogP contribution in [0, 0.1) is 28.4 Å². The third kappa shape index (κ3) is 6.41. The molecule has 0 heterocycles. The highest BCUT2D eigenvalue weighted by molar-refractivity contribution is 7.87. The van der Waals surface area contributed by atoms with E-state index in [0.717, 1.165) is 11.6 Å². The number of aryl methyl sites for hydroxylation is 1. The molecule has 0 aromatic heterocycles. The zero-order valence-corrected chi connectivity index (χ0v) is 20.7. The number of amides is 1. The van der Waals surface area contributed by atoms with Gasteiger partial charge in [-0.3, -0.25) is 14.9 Å². The summed E-state index contributed by atoms with van der Waals surface area (Å²) in [5.41, 5.74) is 0.462. The molecule has 0 unspecified atom stereocenters. The highest BCUT2D eigenvalue weighted by atomic mass is 32.2. The molecule has 0 fully saturated rings. The van der Waals surface area contributed by atoms with E-state index in [9.17, 15) is 28.6 Å². The molecule has 37 heavy (non-hydrogen) atoms. The molecule has 0 spiro atoms. The first-order valence-electron chi connectivity index (χ1n) is 10.5. The highest BCUT2D eigenvalue weighted by Gasteiger charge is 2.20. The first-order valence-corrected chi connectivity index (χ1v) is 11.9. The molecule has 3 aromatic carbocycles. The van der Waals surface area contributed by atoms with Crippen molar-refractivity contribution in [2.75, 3.05) is 19.5 Å². The average Bonchev–Trinajstić information content (AvgIpc) is 2.87. The van der Waals surface area contributed by atoms with Crippen LogP contribution in [0.5, 0.6) is 17.2 Å². The lowest BCUT2D eigenvalue weighted by Gasteiger charge is -2.12. The van der Waals surface area contributed by atoms with E-state index in [2.05, 4.69) is 5.32 Å². The Morgan fingerprint density at radius 2 is 1.65 bits per heavy atom. The summed E-state index contributed by atoms with van der Waals surface area (Å²) in [6.45, 7) is 1.81. The number of nitriles is 1. The largest absolute Gasteiger partial charge is 0.495 e. The number of methoxy groups -OCH3 is 2. The Balaban J connectivity index is 1.93. The van der Waals surface area contributed by atoms with Crippen molar-refractivity contribution in [3.8, 4) is 23.3 Å². The zero-order chi connectivity index (χ0) is 27.2. The van der Waals surface area contributed by atoms with Crippen molar-refractivity contribution >= 4 is 33.5 Å². The quantitative estimate of drug-likeness (QED) is 0.142. The van der Waals surface area contributed by atoms with Crippen molar-refractivity contribution in [3.05, 3.63) is 87.5 Å². The van der Waals surface area contributed by atoms with Crippen molar-refractivity contribution < 1.29 is 31.8 Å². The van der Waals surface area contributed by atoms with Crippen molar-refractivity contribution in [1.29, 1.82) is 5.26 Å². The normalized spacial score (nSPS) is 11.2. The van der Waals surface area contributed by atoms with Crippen LogP contribution in [0.3, 0.4) is 0 Å². The number of hydrogen-bond acceptors (Lipinski definition) is 9. The molecule has 190 valence electrons. The van der Waals surface area contributed by atoms with E-state index < -0.39 is 20.9 Å². The first kappa shape index (κ1) is 26.7. The molecule has 1 amide bonds. The summed E-state index contributed by atoms with van der Waals surface area (Å²) in [4.78, 5) is 23.1. The van der Waals surface area contributed by atoms with Crippen LogP contribution in [0.4, 0.5) is 11.4 Å². The lowest BCUT2D eigenvalue weighted by Crippen LogP contribution is -2.14. The van der Waals surface area contributed by atoms with Crippen LogP contribution in [-0.2, 0) is 14.9 Å². The highest BCUT2D eigenvalue weighted by Crippen LogP contribution is 2.32. The minimum Gasteiger partial charge on any atom is -0.495 e. The minimum absolute atomic E-state index is 0.00852. The Morgan fingerprint density at radius 1 is 1.00 bits per heavy atom. The maximum Gasteiger partial charge on any atom is 0.339 e. The van der Waals surface area contributed by atoms with Gasteiger partial charge in [-0.05, 0) is 48.9 Å². The summed E-state index contributed by atoms with van der Waals surface area (Å²) in [7, 11) is -1.55. The molecule has 0 aliphatic heterocycles. The third-order valence-corrected chi connectivity index (χ3v) is 6.26. The number of rotatable bonds is 9. The van der Waals surface area contributed by atoms with E-state index in [4.69, 9.17) is 13.7 Å². The predicted molar refractivity (Wildman–Crippen MR) is 134 cm³/mol. The van der Waals surface area contributed by atoms with E-state index in [1.807, 2.05) is 6.92 Å². The van der Waals surface area contributed by atoms with Gasteiger partial charge in [0.15, 0.2) is 11.5 Å². The number of benzene rings is 3. The van der Waals surface area contributed by atoms with Crippen LogP contribution < -0.4 is 19.0 Å². The second-order valence-electron chi connectivity index (χ2n) is 7.53. The van der Waals surface area contributed by atoms with Crippen LogP contribution in [0.1, 0.15) is 11.1 Å². The van der Waals surface area contributed by atoms with E-state index >= 15 is 0 Å². The lowest BCUT2D eigenvalue weighted by atomic mass is 10.1. The maximum atomic E-state index is 12.8. The number of nitro benzene ring substituents is 1. The van der Waals surface area contributed by atoms with Crippen LogP contribution in [0.2, 0.25) is 0 Å². The number of hydrogen-bond donors (Lipinski definition) is 1. The van der Waals surface area contributed by atoms with Crippen molar-refractivity contribution in [1.82, 2.24) is 0 Å². The van der Waals surface area contributed by atoms with Gasteiger partial charge in [0.05, 0.1) is 24.8 Å². The maximum absolute atomic E-state index is 12.8. The fourth-order valence-electron chi connectivity index (χ4n) is 3.13. The molecule has 3 rings (SSSR count). The molecule has 0 radical (unpaired) electrons. The molecule has 1 N–H and O–H groups in total. The van der Waals surface area contributed by atoms with Gasteiger partial charge in [0.2, 0.25) is 0 Å². The molecule has 0 saturated carbocycles. The fourth-order valence-corrected chi connectivity index (χ4v) is 4.06. The van der Waals surface area contributed by atoms with Gasteiger partial charge in [-0.25, -0.2) is 0 Å². The molecule has 11 nitrogen and oxygen atoms in total. The number of carbonyl (C=O) groups is 1. The molecule has 0 bridgehead atoms. The number of carbonyl (C=O) groups excluding carboxylic acids is 1. The summed E-state index contributed by atoms with van der Waals surface area (Å²) in [5, 5.41) is 23.1. The summed E-state index contributed by atoms with van der Waals surface area (Å²) >= 11 is 0. The van der Waals surface area contributed by atoms with Gasteiger partial charge in [-0.1, -0.05) is 23.8 Å². The van der Waals surface area contributed by atoms with Gasteiger partial charge < -0.3 is 19.0 Å². The van der Waals surface area contributed by atoms with Gasteiger partial charge in [0.25, 0.3) is 11.6 Å². The molecule has 0 atom stereocenters. The zero-order valence-electron chi connectivity index (χ0n) is 19.9. The lowest BCUT2D eigenvalue weighted by molar-refractivity contribution is -0.384. The molecular weight excluding hydrogens is 502 g/mol. The van der Waals surface area contributed by atoms with E-state index in [1.165, 1.54) is 62.8 Å². The second-order valence-corrected chi connectivity index (χ2v) is 9.07. The number of nitro groups is 1. The predicted octanol–water partition coefficient (Wildman–Crippen LogP) is 4.23. The number of nitrogens with zero attached hydrogens (tertiary/aromatic N) is 2. The molecule has 12 heteroatoms. The molecular formula is C25H21N3O8S. The minimum atomic E-state index is -4.20. The summed E-state index contributed by atoms with van der Waals surface area (Å²) < 4.78 is 41.1. The van der Waals surface area contributed by atoms with Gasteiger partial charge in [0.1, 0.15) is 22.3 Å². The molecule has 0 aliphatic carbocycles. The topological polar surface area (TPSA) is 158 Å². The SMILES string of the molecule is COc1ccc([N+](=O)[O-])cc1NC(=O)/C(C#N)=C/c1ccc(OC)c(OS(=O)(=O)c2ccc(C)cc2)c1. The summed E-state index contributed by atoms with van der Waals surface area (Å²) in [6, 6.07) is 15.6. The first-order chi connectivity index (χ1) is 17.6. The second kappa shape index (κ2) is 11.2. The molecule has 3 aromatic rings. The number of non-ortho nitro benzene ring substituents is 1. The van der Waals surface area contributed by atoms with Gasteiger partial charge >= 0.3 is 10.1 Å². The fraction of sp³-hybridized carbons (Fsp3) is 0.120. The van der Waals surface area contributed by atoms with E-state index in [-0.39, 0.29) is 44.7 Å². The van der Waals surface area contributed by atoms with Crippen LogP contribution >= 0.6 is 0 Å². The van der Waals surface area contributed by atoms with Crippen LogP contribution in [-0.4, -0.2) is 33.5 Å². The summed E-state index contributed by atoms with van der Waals surface area (Å²) in [5.74, 6) is -0.767. The Labute approximate surface area is 212 Å². The van der Waals surface area contributed by atoms with Crippen molar-refractivity contribution in [3.63, 3.8) is 0 Å². The van der Waals surface area contributed by atoms with E-state index in [0.29, 0.717) is 0 Å². The van der Waals surface area contributed by atoms with Gasteiger partial charge in [0, 0.05) is 12.1 Å². The van der Waals surface area contributed by atoms with Crippen LogP contribution in [0.25, 0.3) is 6.08 Å². The standard InChI is InChI=1S/C25H21N3O8S/c1-16-4-8-20(9-5-16)37(32,33)36-24-13-17(6-10-23(24)35-3)12-18(15-26)25(29)27-21-14-19(28(30)31)7-11-22(21)34-2/h4-14H,1-3H3,(H,27,29)/b18-12+. The van der Waals surface area contributed by atoms with Crippen molar-refractivity contribution in [2.45, 2.75) is 11.8 Å². The number of ether oxygens (including phenoxy) is 2. The van der Waals surface area contributed by atoms with Gasteiger partial charge in [-0.2, -0.15) is 13.7 Å². The van der Waals surface area contributed by atoms with Crippen LogP contribution in [0.15, 0.2) is 71.1 Å². The number of anilines is 1. The number of nitrogens with one attached hydrogen (secondary N) is 1. The van der Waals surface area contributed by atoms with Gasteiger partial charge in [-0.15, -0.1) is 0 Å². The van der Waals surface area contributed by atoms with E-state index in [1.54, 1.807) is 18.2 Å². The third-order valence-electron chi connectivity index (χ3n) is 5.01. The summed E-state index contributed by atoms with van der Waals surface area (Å²) in [6.07, 6.45) is 1.20. The Morgan fingerprint density at radius 3 is 2.24 bits per heavy atom. The monoisotopic (exact) mass is 523 g/mol. The molecule has 0 aliphatic rings. The van der Waals surface area contributed by atoms with Crippen molar-refractivity contribution in [2.24, 2.45) is 0 Å². The molecule has 0 saturated heterocycles. The Hall–Kier alpha value is -4.89. The smallest absolute Gasteiger partial charge is 0.339 e.